The Bertz CT molecular complexity index is 1250. The Kier molecular flexibility index (Phi) is 6.66. The van der Waals surface area contributed by atoms with E-state index in [9.17, 15) is 17.6 Å². The molecule has 1 aliphatic carbocycles. The minimum Gasteiger partial charge on any atom is -0.379 e. The highest BCUT2D eigenvalue weighted by atomic mass is 35.5. The highest BCUT2D eigenvalue weighted by Gasteiger charge is 2.35. The maximum absolute atomic E-state index is 14.8. The average molecular weight is 529 g/mol. The van der Waals surface area contributed by atoms with E-state index in [4.69, 9.17) is 16.3 Å². The summed E-state index contributed by atoms with van der Waals surface area (Å²) >= 11 is 6.31. The zero-order valence-electron chi connectivity index (χ0n) is 19.6. The largest absolute Gasteiger partial charge is 0.379 e. The molecule has 2 saturated heterocycles. The van der Waals surface area contributed by atoms with E-state index in [1.165, 1.54) is 15.2 Å². The lowest BCUT2D eigenvalue weighted by molar-refractivity contribution is -0.0234. The van der Waals surface area contributed by atoms with Crippen LogP contribution in [0, 0.1) is 6.92 Å². The normalized spacial score (nSPS) is 24.5. The zero-order valence-corrected chi connectivity index (χ0v) is 21.2. The molecule has 5 rings (SSSR count). The van der Waals surface area contributed by atoms with Crippen molar-refractivity contribution < 1.29 is 17.5 Å². The van der Waals surface area contributed by atoms with E-state index in [0.717, 1.165) is 12.8 Å². The number of aryl methyl sites for hydroxylation is 1. The number of ether oxygens (including phenoxy) is 1. The summed E-state index contributed by atoms with van der Waals surface area (Å²) < 4.78 is 51.0. The lowest BCUT2D eigenvalue weighted by Gasteiger charge is -2.31. The molecule has 1 atom stereocenters. The lowest BCUT2D eigenvalue weighted by Crippen LogP contribution is -2.42. The van der Waals surface area contributed by atoms with Gasteiger partial charge in [0, 0.05) is 25.9 Å². The van der Waals surface area contributed by atoms with Gasteiger partial charge in [0.25, 0.3) is 5.56 Å². The molecule has 0 spiro atoms. The number of halogens is 2. The molecule has 35 heavy (non-hydrogen) atoms. The van der Waals surface area contributed by atoms with Crippen molar-refractivity contribution in [2.45, 2.75) is 68.1 Å². The first-order chi connectivity index (χ1) is 16.7. The monoisotopic (exact) mass is 528 g/mol. The minimum absolute atomic E-state index is 0.00445. The molecule has 3 aliphatic rings. The highest BCUT2D eigenvalue weighted by Crippen LogP contribution is 2.36. The maximum Gasteiger partial charge on any atom is 0.287 e. The smallest absolute Gasteiger partial charge is 0.287 e. The van der Waals surface area contributed by atoms with Crippen molar-refractivity contribution in [3.8, 4) is 0 Å². The topological polar surface area (TPSA) is 111 Å². The van der Waals surface area contributed by atoms with Crippen LogP contribution in [0.2, 0.25) is 5.02 Å². The molecule has 1 N–H and O–H groups in total. The first kappa shape index (κ1) is 24.7. The second-order valence-corrected chi connectivity index (χ2v) is 12.0. The number of aromatic nitrogens is 4. The zero-order chi connectivity index (χ0) is 24.8. The average Bonchev–Trinajstić information content (AvgIpc) is 3.62. The molecule has 192 valence electrons. The third kappa shape index (κ3) is 4.98. The number of alkyl halides is 1. The van der Waals surface area contributed by atoms with Crippen molar-refractivity contribution in [1.29, 1.82) is 0 Å². The molecule has 4 heterocycles. The van der Waals surface area contributed by atoms with E-state index in [1.807, 2.05) is 0 Å². The van der Waals surface area contributed by atoms with Gasteiger partial charge in [-0.2, -0.15) is 14.5 Å². The van der Waals surface area contributed by atoms with E-state index in [0.29, 0.717) is 44.0 Å². The van der Waals surface area contributed by atoms with E-state index >= 15 is 0 Å². The highest BCUT2D eigenvalue weighted by molar-refractivity contribution is 7.89. The molecule has 1 saturated carbocycles. The van der Waals surface area contributed by atoms with Crippen LogP contribution in [0.3, 0.4) is 0 Å². The molecule has 0 bridgehead atoms. The molecule has 2 aromatic heterocycles. The molecule has 2 aliphatic heterocycles. The van der Waals surface area contributed by atoms with Crippen LogP contribution in [0.15, 0.2) is 22.1 Å². The van der Waals surface area contributed by atoms with Gasteiger partial charge in [-0.25, -0.2) is 17.5 Å². The fourth-order valence-electron chi connectivity index (χ4n) is 4.75. The molecule has 0 aromatic carbocycles. The van der Waals surface area contributed by atoms with Crippen molar-refractivity contribution in [2.75, 3.05) is 38.2 Å². The van der Waals surface area contributed by atoms with E-state index in [2.05, 4.69) is 15.5 Å². The number of nitrogens with one attached hydrogen (secondary N) is 1. The second-order valence-electron chi connectivity index (χ2n) is 9.71. The molecule has 13 heteroatoms. The summed E-state index contributed by atoms with van der Waals surface area (Å²) in [5, 5.41) is 11.5. The number of anilines is 1. The summed E-state index contributed by atoms with van der Waals surface area (Å²) in [6.07, 6.45) is 6.98. The van der Waals surface area contributed by atoms with Crippen LogP contribution in [0.5, 0.6) is 0 Å². The van der Waals surface area contributed by atoms with E-state index in [1.54, 1.807) is 17.8 Å². The molecule has 10 nitrogen and oxygen atoms in total. The first-order valence-corrected chi connectivity index (χ1v) is 13.8. The van der Waals surface area contributed by atoms with Crippen molar-refractivity contribution in [1.82, 2.24) is 23.9 Å². The van der Waals surface area contributed by atoms with E-state index < -0.39 is 21.3 Å². The summed E-state index contributed by atoms with van der Waals surface area (Å²) in [5.74, 6) is 0. The summed E-state index contributed by atoms with van der Waals surface area (Å²) in [7, 11) is -3.67. The van der Waals surface area contributed by atoms with Gasteiger partial charge in [0.05, 0.1) is 42.8 Å². The summed E-state index contributed by atoms with van der Waals surface area (Å²) in [4.78, 5) is 13.1. The quantitative estimate of drug-likeness (QED) is 0.588. The fourth-order valence-corrected chi connectivity index (χ4v) is 6.58. The number of hydrogen-bond acceptors (Lipinski definition) is 7. The molecular weight excluding hydrogens is 499 g/mol. The Morgan fingerprint density at radius 2 is 2.00 bits per heavy atom. The Morgan fingerprint density at radius 3 is 2.66 bits per heavy atom. The fraction of sp³-hybridized carbons (Fsp3) is 0.682. The van der Waals surface area contributed by atoms with Crippen molar-refractivity contribution >= 4 is 27.3 Å². The third-order valence-corrected chi connectivity index (χ3v) is 9.36. The Morgan fingerprint density at radius 1 is 1.26 bits per heavy atom. The third-order valence-electron chi connectivity index (χ3n) is 6.99. The Balaban J connectivity index is 1.24. The van der Waals surface area contributed by atoms with Gasteiger partial charge in [-0.05, 0) is 45.4 Å². The van der Waals surface area contributed by atoms with E-state index in [-0.39, 0.29) is 47.9 Å². The number of nitrogens with zero attached hydrogens (tertiary/aromatic N) is 5. The molecule has 3 fully saturated rings. The van der Waals surface area contributed by atoms with Gasteiger partial charge in [-0.1, -0.05) is 11.6 Å². The van der Waals surface area contributed by atoms with Crippen LogP contribution in [0.25, 0.3) is 0 Å². The molecule has 0 unspecified atom stereocenters. The van der Waals surface area contributed by atoms with Gasteiger partial charge < -0.3 is 10.1 Å². The van der Waals surface area contributed by atoms with Gasteiger partial charge in [-0.3, -0.25) is 9.48 Å². The van der Waals surface area contributed by atoms with Gasteiger partial charge in [0.1, 0.15) is 9.92 Å². The number of hydrogen-bond donors (Lipinski definition) is 1. The maximum atomic E-state index is 14.8. The van der Waals surface area contributed by atoms with Crippen LogP contribution >= 0.6 is 11.6 Å². The van der Waals surface area contributed by atoms with Crippen LogP contribution in [-0.4, -0.2) is 70.8 Å². The van der Waals surface area contributed by atoms with Crippen molar-refractivity contribution in [3.63, 3.8) is 0 Å². The molecule has 0 amide bonds. The summed E-state index contributed by atoms with van der Waals surface area (Å²) in [6, 6.07) is 0.0185. The standard InChI is InChI=1S/C22H30ClFN6O4S/c1-15-19(12-29(27-15)16-3-4-16)35(32,33)28-8-5-17(6-9-28)30-21(31)20(23)18(11-26-30)25-13-22(24)7-2-10-34-14-22/h11-12,16-17,25H,2-10,13-14H2,1H3/t22-/m0/s1. The SMILES string of the molecule is Cc1nn(C2CC2)cc1S(=O)(=O)N1CCC(n2ncc(NC[C@@]3(F)CCCOC3)c(Cl)c2=O)CC1. The minimum atomic E-state index is -3.67. The van der Waals surface area contributed by atoms with Gasteiger partial charge in [0.2, 0.25) is 10.0 Å². The van der Waals surface area contributed by atoms with Crippen LogP contribution < -0.4 is 10.9 Å². The predicted molar refractivity (Wildman–Crippen MR) is 128 cm³/mol. The summed E-state index contributed by atoms with van der Waals surface area (Å²) in [5.41, 5.74) is -1.21. The second kappa shape index (κ2) is 9.45. The van der Waals surface area contributed by atoms with Crippen LogP contribution in [-0.2, 0) is 14.8 Å². The first-order valence-electron chi connectivity index (χ1n) is 12.0. The van der Waals surface area contributed by atoms with Crippen molar-refractivity contribution in [3.05, 3.63) is 33.5 Å². The lowest BCUT2D eigenvalue weighted by atomic mass is 9.99. The number of rotatable bonds is 7. The summed E-state index contributed by atoms with van der Waals surface area (Å²) in [6.45, 7) is 2.77. The predicted octanol–water partition coefficient (Wildman–Crippen LogP) is 2.69. The van der Waals surface area contributed by atoms with Crippen molar-refractivity contribution in [2.24, 2.45) is 0 Å². The van der Waals surface area contributed by atoms with Gasteiger partial charge in [0.15, 0.2) is 5.67 Å². The Labute approximate surface area is 208 Å². The molecule has 0 radical (unpaired) electrons. The molecule has 2 aromatic rings. The van der Waals surface area contributed by atoms with Crippen LogP contribution in [0.1, 0.15) is 56.3 Å². The molecular formula is C22H30ClFN6O4S. The number of sulfonamides is 1. The van der Waals surface area contributed by atoms with Gasteiger partial charge in [-0.15, -0.1) is 0 Å². The number of piperidine rings is 1. The van der Waals surface area contributed by atoms with Crippen LogP contribution in [0.4, 0.5) is 10.1 Å². The van der Waals surface area contributed by atoms with Gasteiger partial charge >= 0.3 is 0 Å². The Hall–Kier alpha value is -2.02.